The number of rotatable bonds is 10. The van der Waals surface area contributed by atoms with Crippen LogP contribution in [0.1, 0.15) is 79.2 Å². The highest BCUT2D eigenvalue weighted by molar-refractivity contribution is 6.32. The summed E-state index contributed by atoms with van der Waals surface area (Å²) < 4.78 is 17.6. The molecule has 1 atom stereocenters. The van der Waals surface area contributed by atoms with Gasteiger partial charge in [-0.25, -0.2) is 0 Å². The Labute approximate surface area is 210 Å². The molecule has 0 saturated heterocycles. The first-order chi connectivity index (χ1) is 16.9. The highest BCUT2D eigenvalue weighted by Crippen LogP contribution is 2.41. The van der Waals surface area contributed by atoms with E-state index in [0.717, 1.165) is 30.4 Å². The second kappa shape index (κ2) is 10.7. The molecular weight excluding hydrogens is 466 g/mol. The minimum absolute atomic E-state index is 0.0953. The number of benzene rings is 2. The van der Waals surface area contributed by atoms with Crippen LogP contribution in [0, 0.1) is 6.92 Å². The van der Waals surface area contributed by atoms with Crippen LogP contribution in [-0.2, 0) is 0 Å². The first-order valence-electron chi connectivity index (χ1n) is 12.3. The van der Waals surface area contributed by atoms with Gasteiger partial charge in [-0.2, -0.15) is 0 Å². The van der Waals surface area contributed by atoms with Crippen LogP contribution in [0.2, 0.25) is 5.02 Å². The van der Waals surface area contributed by atoms with Gasteiger partial charge in [0.15, 0.2) is 16.9 Å². The molecule has 0 N–H and O–H groups in total. The number of carbonyl (C=O) groups is 1. The van der Waals surface area contributed by atoms with Crippen molar-refractivity contribution in [2.24, 2.45) is 0 Å². The second-order valence-corrected chi connectivity index (χ2v) is 9.40. The molecule has 0 saturated carbocycles. The zero-order valence-corrected chi connectivity index (χ0v) is 21.5. The van der Waals surface area contributed by atoms with Crippen LogP contribution >= 0.6 is 11.6 Å². The lowest BCUT2D eigenvalue weighted by atomic mass is 9.97. The number of halogens is 1. The van der Waals surface area contributed by atoms with Crippen molar-refractivity contribution in [3.8, 4) is 11.5 Å². The van der Waals surface area contributed by atoms with Gasteiger partial charge in [-0.3, -0.25) is 9.59 Å². The molecule has 1 aromatic heterocycles. The van der Waals surface area contributed by atoms with E-state index in [1.165, 1.54) is 12.8 Å². The molecule has 2 aromatic carbocycles. The lowest BCUT2D eigenvalue weighted by Gasteiger charge is -2.25. The summed E-state index contributed by atoms with van der Waals surface area (Å²) in [6, 6.07) is 8.35. The highest BCUT2D eigenvalue weighted by Gasteiger charge is 2.42. The van der Waals surface area contributed by atoms with Gasteiger partial charge in [0.2, 0.25) is 5.76 Å². The fourth-order valence-electron chi connectivity index (χ4n) is 4.64. The minimum atomic E-state index is -0.578. The van der Waals surface area contributed by atoms with Crippen LogP contribution in [0.15, 0.2) is 39.5 Å². The maximum absolute atomic E-state index is 13.7. The van der Waals surface area contributed by atoms with Gasteiger partial charge in [-0.05, 0) is 55.2 Å². The number of unbranched alkanes of at least 4 members (excludes halogenated alkanes) is 3. The molecule has 3 aromatic rings. The van der Waals surface area contributed by atoms with Gasteiger partial charge in [0, 0.05) is 11.6 Å². The Morgan fingerprint density at radius 3 is 2.54 bits per heavy atom. The van der Waals surface area contributed by atoms with Crippen molar-refractivity contribution in [1.82, 2.24) is 4.90 Å². The zero-order chi connectivity index (χ0) is 25.1. The van der Waals surface area contributed by atoms with Crippen LogP contribution < -0.4 is 14.9 Å². The van der Waals surface area contributed by atoms with Gasteiger partial charge in [0.25, 0.3) is 5.91 Å². The largest absolute Gasteiger partial charge is 0.493 e. The van der Waals surface area contributed by atoms with E-state index < -0.39 is 6.04 Å². The Balaban J connectivity index is 1.77. The van der Waals surface area contributed by atoms with E-state index in [0.29, 0.717) is 46.2 Å². The molecule has 1 aliphatic heterocycles. The van der Waals surface area contributed by atoms with Crippen molar-refractivity contribution < 1.29 is 18.7 Å². The normalized spacial score (nSPS) is 15.1. The van der Waals surface area contributed by atoms with Crippen LogP contribution in [0.5, 0.6) is 11.5 Å². The molecule has 4 rings (SSSR count). The SMILES string of the molecule is CCCCCCOc1ccc(C2c3c(oc4cc(C)c(Cl)cc4c3=O)C(=O)N2CCC)cc1OC. The Bertz CT molecular complexity index is 1300. The summed E-state index contributed by atoms with van der Waals surface area (Å²) in [6.45, 7) is 7.11. The van der Waals surface area contributed by atoms with Crippen LogP contribution in [0.4, 0.5) is 0 Å². The van der Waals surface area contributed by atoms with Crippen molar-refractivity contribution >= 4 is 28.5 Å². The van der Waals surface area contributed by atoms with Crippen molar-refractivity contribution in [3.63, 3.8) is 0 Å². The number of methoxy groups -OCH3 is 1. The number of aryl methyl sites for hydroxylation is 1. The number of hydrogen-bond acceptors (Lipinski definition) is 5. The molecule has 0 aliphatic carbocycles. The summed E-state index contributed by atoms with van der Waals surface area (Å²) in [6.07, 6.45) is 5.19. The van der Waals surface area contributed by atoms with Crippen LogP contribution in [0.3, 0.4) is 0 Å². The first-order valence-corrected chi connectivity index (χ1v) is 12.7. The molecule has 1 amide bonds. The summed E-state index contributed by atoms with van der Waals surface area (Å²) >= 11 is 6.31. The monoisotopic (exact) mass is 497 g/mol. The molecular formula is C28H32ClNO5. The second-order valence-electron chi connectivity index (χ2n) is 8.99. The molecule has 2 heterocycles. The van der Waals surface area contributed by atoms with E-state index in [4.69, 9.17) is 25.5 Å². The lowest BCUT2D eigenvalue weighted by Crippen LogP contribution is -2.30. The molecule has 35 heavy (non-hydrogen) atoms. The Kier molecular flexibility index (Phi) is 7.70. The van der Waals surface area contributed by atoms with E-state index in [1.807, 2.05) is 32.0 Å². The molecule has 1 aliphatic rings. The molecule has 6 nitrogen and oxygen atoms in total. The molecule has 7 heteroatoms. The van der Waals surface area contributed by atoms with Gasteiger partial charge >= 0.3 is 0 Å². The summed E-state index contributed by atoms with van der Waals surface area (Å²) in [5.74, 6) is 1.03. The molecule has 1 unspecified atom stereocenters. The third kappa shape index (κ3) is 4.76. The van der Waals surface area contributed by atoms with E-state index >= 15 is 0 Å². The van der Waals surface area contributed by atoms with Crippen LogP contribution in [0.25, 0.3) is 11.0 Å². The average Bonchev–Trinajstić information content (AvgIpc) is 3.12. The maximum atomic E-state index is 13.7. The number of carbonyl (C=O) groups excluding carboxylic acids is 1. The molecule has 0 spiro atoms. The number of nitrogens with zero attached hydrogens (tertiary/aromatic N) is 1. The number of ether oxygens (including phenoxy) is 2. The summed E-state index contributed by atoms with van der Waals surface area (Å²) in [7, 11) is 1.59. The predicted octanol–water partition coefficient (Wildman–Crippen LogP) is 6.68. The topological polar surface area (TPSA) is 69.0 Å². The number of hydrogen-bond donors (Lipinski definition) is 0. The average molecular weight is 498 g/mol. The van der Waals surface area contributed by atoms with E-state index in [1.54, 1.807) is 24.1 Å². The summed E-state index contributed by atoms with van der Waals surface area (Å²) in [5, 5.41) is 0.854. The quantitative estimate of drug-likeness (QED) is 0.292. The van der Waals surface area contributed by atoms with Crippen molar-refractivity contribution in [2.45, 2.75) is 58.9 Å². The molecule has 0 radical (unpaired) electrons. The lowest BCUT2D eigenvalue weighted by molar-refractivity contribution is 0.0728. The minimum Gasteiger partial charge on any atom is -0.493 e. The Morgan fingerprint density at radius 2 is 1.83 bits per heavy atom. The van der Waals surface area contributed by atoms with Crippen molar-refractivity contribution in [2.75, 3.05) is 20.3 Å². The van der Waals surface area contributed by atoms with Gasteiger partial charge in [0.1, 0.15) is 5.58 Å². The fraction of sp³-hybridized carbons (Fsp3) is 0.429. The van der Waals surface area contributed by atoms with Gasteiger partial charge in [-0.1, -0.05) is 50.8 Å². The number of amides is 1. The molecule has 0 fully saturated rings. The Morgan fingerprint density at radius 1 is 1.03 bits per heavy atom. The first kappa shape index (κ1) is 25.1. The van der Waals surface area contributed by atoms with Crippen LogP contribution in [-0.4, -0.2) is 31.1 Å². The smallest absolute Gasteiger partial charge is 0.290 e. The summed E-state index contributed by atoms with van der Waals surface area (Å²) in [4.78, 5) is 28.7. The fourth-order valence-corrected chi connectivity index (χ4v) is 4.81. The van der Waals surface area contributed by atoms with E-state index in [-0.39, 0.29) is 17.1 Å². The molecule has 186 valence electrons. The third-order valence-electron chi connectivity index (χ3n) is 6.47. The van der Waals surface area contributed by atoms with Gasteiger partial charge in [0.05, 0.1) is 30.7 Å². The predicted molar refractivity (Wildman–Crippen MR) is 138 cm³/mol. The van der Waals surface area contributed by atoms with Crippen molar-refractivity contribution in [3.05, 3.63) is 68.0 Å². The van der Waals surface area contributed by atoms with E-state index in [2.05, 4.69) is 6.92 Å². The van der Waals surface area contributed by atoms with Gasteiger partial charge < -0.3 is 18.8 Å². The number of fused-ring (bicyclic) bond motifs is 2. The van der Waals surface area contributed by atoms with Gasteiger partial charge in [-0.15, -0.1) is 0 Å². The standard InChI is InChI=1S/C28H32ClNO5/c1-5-7-8-9-13-34-21-11-10-18(15-23(21)33-4)25-24-26(31)19-16-20(29)17(3)14-22(19)35-27(24)28(32)30(25)12-6-2/h10-11,14-16,25H,5-9,12-13H2,1-4H3. The maximum Gasteiger partial charge on any atom is 0.290 e. The third-order valence-corrected chi connectivity index (χ3v) is 6.88. The molecule has 0 bridgehead atoms. The van der Waals surface area contributed by atoms with Crippen molar-refractivity contribution in [1.29, 1.82) is 0 Å². The van der Waals surface area contributed by atoms with E-state index in [9.17, 15) is 9.59 Å². The zero-order valence-electron chi connectivity index (χ0n) is 20.8. The summed E-state index contributed by atoms with van der Waals surface area (Å²) in [5.41, 5.74) is 2.02. The Hall–Kier alpha value is -2.99. The highest BCUT2D eigenvalue weighted by atomic mass is 35.5.